The Hall–Kier alpha value is -2.44. The predicted octanol–water partition coefficient (Wildman–Crippen LogP) is 5.58. The van der Waals surface area contributed by atoms with Crippen molar-refractivity contribution in [2.45, 2.75) is 32.1 Å². The van der Waals surface area contributed by atoms with E-state index in [1.807, 2.05) is 24.3 Å². The van der Waals surface area contributed by atoms with Crippen LogP contribution in [0.1, 0.15) is 32.1 Å². The van der Waals surface area contributed by atoms with E-state index < -0.39 is 0 Å². The number of piperidine rings is 1. The van der Waals surface area contributed by atoms with Gasteiger partial charge in [0.05, 0.1) is 10.7 Å². The van der Waals surface area contributed by atoms with Gasteiger partial charge in [-0.05, 0) is 74.5 Å². The Labute approximate surface area is 188 Å². The van der Waals surface area contributed by atoms with Gasteiger partial charge in [-0.1, -0.05) is 23.7 Å². The lowest BCUT2D eigenvalue weighted by Crippen LogP contribution is -2.30. The molecule has 1 atom stereocenters. The molecule has 164 valence electrons. The van der Waals surface area contributed by atoms with Crippen molar-refractivity contribution in [3.63, 3.8) is 0 Å². The molecule has 1 aliphatic heterocycles. The molecule has 5 nitrogen and oxygen atoms in total. The molecule has 3 N–H and O–H groups in total. The minimum atomic E-state index is -0.0654. The topological polar surface area (TPSA) is 61.9 Å². The number of nitrogens with one attached hydrogen (secondary N) is 3. The van der Waals surface area contributed by atoms with Gasteiger partial charge in [-0.3, -0.25) is 0 Å². The highest BCUT2D eigenvalue weighted by molar-refractivity contribution is 6.33. The average molecular weight is 442 g/mol. The summed E-state index contributed by atoms with van der Waals surface area (Å²) in [7, 11) is 0. The monoisotopic (exact) mass is 441 g/mol. The molecular formula is C24H29ClFN5. The molecule has 2 aliphatic rings. The zero-order chi connectivity index (χ0) is 21.5. The molecule has 0 bridgehead atoms. The van der Waals surface area contributed by atoms with Crippen molar-refractivity contribution in [3.05, 3.63) is 59.0 Å². The van der Waals surface area contributed by atoms with Gasteiger partial charge in [-0.25, -0.2) is 14.4 Å². The Kier molecular flexibility index (Phi) is 7.54. The third-order valence-corrected chi connectivity index (χ3v) is 6.04. The zero-order valence-electron chi connectivity index (χ0n) is 17.6. The maximum absolute atomic E-state index is 13.5. The van der Waals surface area contributed by atoms with Crippen LogP contribution in [0.5, 0.6) is 0 Å². The molecule has 7 heteroatoms. The number of hydrogen-bond acceptors (Lipinski definition) is 5. The van der Waals surface area contributed by atoms with Gasteiger partial charge in [0.25, 0.3) is 0 Å². The molecule has 1 fully saturated rings. The molecule has 4 rings (SSSR count). The molecule has 2 aromatic rings. The van der Waals surface area contributed by atoms with Crippen molar-refractivity contribution in [2.24, 2.45) is 5.92 Å². The summed E-state index contributed by atoms with van der Waals surface area (Å²) >= 11 is 6.44. The molecule has 0 saturated carbocycles. The standard InChI is InChI=1S/C24H29ClFN5/c25-21-16-30-24(28-11-9-17-5-3-10-27-14-17)13-20(21)22-7-2-8-23(31-22)29-15-18-4-1-6-19(26)12-18/h2,4,7-8,12-13,16-17,27H,1,3,5-6,9-11,14-15H2,(H,28,30)(H,29,31). The van der Waals surface area contributed by atoms with Crippen molar-refractivity contribution in [1.29, 1.82) is 0 Å². The molecule has 1 unspecified atom stereocenters. The number of nitrogens with zero attached hydrogens (tertiary/aromatic N) is 2. The van der Waals surface area contributed by atoms with Crippen LogP contribution in [0.2, 0.25) is 5.02 Å². The molecule has 1 aliphatic carbocycles. The van der Waals surface area contributed by atoms with E-state index in [9.17, 15) is 4.39 Å². The molecule has 0 radical (unpaired) electrons. The lowest BCUT2D eigenvalue weighted by molar-refractivity contribution is 0.364. The van der Waals surface area contributed by atoms with E-state index in [2.05, 4.69) is 27.0 Å². The highest BCUT2D eigenvalue weighted by Gasteiger charge is 2.13. The molecule has 0 amide bonds. The van der Waals surface area contributed by atoms with E-state index in [0.717, 1.165) is 66.9 Å². The van der Waals surface area contributed by atoms with Crippen LogP contribution in [0.25, 0.3) is 11.3 Å². The summed E-state index contributed by atoms with van der Waals surface area (Å²) in [5.41, 5.74) is 2.55. The Morgan fingerprint density at radius 1 is 1.23 bits per heavy atom. The van der Waals surface area contributed by atoms with Crippen LogP contribution in [0.15, 0.2) is 54.0 Å². The van der Waals surface area contributed by atoms with Crippen molar-refractivity contribution >= 4 is 23.2 Å². The largest absolute Gasteiger partial charge is 0.370 e. The predicted molar refractivity (Wildman–Crippen MR) is 126 cm³/mol. The Bertz CT molecular complexity index is 953. The van der Waals surface area contributed by atoms with E-state index >= 15 is 0 Å². The second-order valence-corrected chi connectivity index (χ2v) is 8.55. The third kappa shape index (κ3) is 6.28. The summed E-state index contributed by atoms with van der Waals surface area (Å²) in [6.45, 7) is 3.66. The SMILES string of the molecule is FC1=CC(CNc2cccc(-c3cc(NCCC4CCCNC4)ncc3Cl)n2)=CCC1. The normalized spacial score (nSPS) is 18.8. The van der Waals surface area contributed by atoms with Crippen LogP contribution in [0, 0.1) is 5.92 Å². The maximum atomic E-state index is 13.5. The fraction of sp³-hybridized carbons (Fsp3) is 0.417. The lowest BCUT2D eigenvalue weighted by Gasteiger charge is -2.22. The fourth-order valence-electron chi connectivity index (χ4n) is 4.03. The van der Waals surface area contributed by atoms with E-state index in [1.165, 1.54) is 12.8 Å². The number of halogens is 2. The van der Waals surface area contributed by atoms with Crippen LogP contribution >= 0.6 is 11.6 Å². The van der Waals surface area contributed by atoms with Crippen molar-refractivity contribution < 1.29 is 4.39 Å². The summed E-state index contributed by atoms with van der Waals surface area (Å²) in [5.74, 6) is 2.19. The first-order valence-corrected chi connectivity index (χ1v) is 11.4. The van der Waals surface area contributed by atoms with Crippen molar-refractivity contribution in [2.75, 3.05) is 36.8 Å². The van der Waals surface area contributed by atoms with Gasteiger partial charge < -0.3 is 16.0 Å². The number of aromatic nitrogens is 2. The van der Waals surface area contributed by atoms with E-state index in [1.54, 1.807) is 12.3 Å². The Morgan fingerprint density at radius 3 is 3.00 bits per heavy atom. The molecule has 0 aromatic carbocycles. The van der Waals surface area contributed by atoms with Gasteiger partial charge >= 0.3 is 0 Å². The van der Waals surface area contributed by atoms with Crippen LogP contribution in [-0.4, -0.2) is 36.1 Å². The Morgan fingerprint density at radius 2 is 2.16 bits per heavy atom. The lowest BCUT2D eigenvalue weighted by atomic mass is 9.96. The van der Waals surface area contributed by atoms with Crippen LogP contribution < -0.4 is 16.0 Å². The molecule has 31 heavy (non-hydrogen) atoms. The minimum absolute atomic E-state index is 0.0654. The van der Waals surface area contributed by atoms with Gasteiger partial charge in [0, 0.05) is 31.3 Å². The number of pyridine rings is 2. The average Bonchev–Trinajstić information content (AvgIpc) is 2.80. The quantitative estimate of drug-likeness (QED) is 0.498. The van der Waals surface area contributed by atoms with Crippen LogP contribution in [-0.2, 0) is 0 Å². The Balaban J connectivity index is 1.39. The summed E-state index contributed by atoms with van der Waals surface area (Å²) in [5, 5.41) is 10.7. The smallest absolute Gasteiger partial charge is 0.126 e. The second kappa shape index (κ2) is 10.7. The summed E-state index contributed by atoms with van der Waals surface area (Å²) in [4.78, 5) is 9.12. The number of hydrogen-bond donors (Lipinski definition) is 3. The van der Waals surface area contributed by atoms with E-state index in [4.69, 9.17) is 16.6 Å². The fourth-order valence-corrected chi connectivity index (χ4v) is 4.23. The highest BCUT2D eigenvalue weighted by atomic mass is 35.5. The molecule has 1 saturated heterocycles. The summed E-state index contributed by atoms with van der Waals surface area (Å²) in [6, 6.07) is 7.73. The number of anilines is 2. The first kappa shape index (κ1) is 21.8. The first-order valence-electron chi connectivity index (χ1n) is 11.0. The second-order valence-electron chi connectivity index (χ2n) is 8.15. The first-order chi connectivity index (χ1) is 15.2. The van der Waals surface area contributed by atoms with E-state index in [0.29, 0.717) is 18.0 Å². The number of rotatable bonds is 8. The minimum Gasteiger partial charge on any atom is -0.370 e. The zero-order valence-corrected chi connectivity index (χ0v) is 18.4. The highest BCUT2D eigenvalue weighted by Crippen LogP contribution is 2.29. The molecule has 0 spiro atoms. The molecule has 2 aromatic heterocycles. The summed E-state index contributed by atoms with van der Waals surface area (Å²) in [6.07, 6.45) is 10.2. The third-order valence-electron chi connectivity index (χ3n) is 5.74. The number of allylic oxidation sites excluding steroid dienone is 2. The molecule has 3 heterocycles. The van der Waals surface area contributed by atoms with Crippen LogP contribution in [0.4, 0.5) is 16.0 Å². The van der Waals surface area contributed by atoms with E-state index in [-0.39, 0.29) is 5.83 Å². The maximum Gasteiger partial charge on any atom is 0.126 e. The van der Waals surface area contributed by atoms with Gasteiger partial charge in [0.2, 0.25) is 0 Å². The molecular weight excluding hydrogens is 413 g/mol. The van der Waals surface area contributed by atoms with Crippen molar-refractivity contribution in [3.8, 4) is 11.3 Å². The van der Waals surface area contributed by atoms with Gasteiger partial charge in [0.15, 0.2) is 0 Å². The van der Waals surface area contributed by atoms with Gasteiger partial charge in [-0.15, -0.1) is 0 Å². The van der Waals surface area contributed by atoms with Gasteiger partial charge in [-0.2, -0.15) is 0 Å². The van der Waals surface area contributed by atoms with Crippen molar-refractivity contribution in [1.82, 2.24) is 15.3 Å². The van der Waals surface area contributed by atoms with Gasteiger partial charge in [0.1, 0.15) is 17.5 Å². The van der Waals surface area contributed by atoms with Crippen LogP contribution in [0.3, 0.4) is 0 Å². The summed E-state index contributed by atoms with van der Waals surface area (Å²) < 4.78 is 13.5.